The van der Waals surface area contributed by atoms with Gasteiger partial charge in [-0.2, -0.15) is 0 Å². The summed E-state index contributed by atoms with van der Waals surface area (Å²) in [7, 11) is 1.78. The highest BCUT2D eigenvalue weighted by atomic mass is 16.4. The minimum Gasteiger partial charge on any atom is -0.481 e. The third-order valence-corrected chi connectivity index (χ3v) is 3.86. The molecule has 19 heavy (non-hydrogen) atoms. The highest BCUT2D eigenvalue weighted by molar-refractivity contribution is 5.75. The Morgan fingerprint density at radius 1 is 1.32 bits per heavy atom. The van der Waals surface area contributed by atoms with Crippen molar-refractivity contribution in [1.29, 1.82) is 0 Å². The summed E-state index contributed by atoms with van der Waals surface area (Å²) in [6.07, 6.45) is 4.88. The Bertz CT molecular complexity index is 312. The number of carbonyl (C=O) groups is 2. The van der Waals surface area contributed by atoms with Crippen LogP contribution in [0.15, 0.2) is 0 Å². The largest absolute Gasteiger partial charge is 0.481 e. The van der Waals surface area contributed by atoms with E-state index in [1.807, 2.05) is 13.8 Å². The van der Waals surface area contributed by atoms with E-state index in [2.05, 4.69) is 5.32 Å². The van der Waals surface area contributed by atoms with Gasteiger partial charge in [0, 0.05) is 19.6 Å². The van der Waals surface area contributed by atoms with E-state index in [-0.39, 0.29) is 24.4 Å². The van der Waals surface area contributed by atoms with E-state index in [0.29, 0.717) is 5.92 Å². The number of aliphatic carboxylic acids is 1. The van der Waals surface area contributed by atoms with Gasteiger partial charge in [-0.05, 0) is 24.7 Å². The second-order valence-corrected chi connectivity index (χ2v) is 5.93. The lowest BCUT2D eigenvalue weighted by Crippen LogP contribution is -2.47. The molecular weight excluding hydrogens is 244 g/mol. The second kappa shape index (κ2) is 7.36. The summed E-state index contributed by atoms with van der Waals surface area (Å²) in [4.78, 5) is 24.5. The fourth-order valence-corrected chi connectivity index (χ4v) is 2.57. The van der Waals surface area contributed by atoms with Gasteiger partial charge in [0.25, 0.3) is 0 Å². The van der Waals surface area contributed by atoms with Crippen molar-refractivity contribution < 1.29 is 14.7 Å². The first kappa shape index (κ1) is 15.8. The summed E-state index contributed by atoms with van der Waals surface area (Å²) in [5.74, 6) is -0.162. The van der Waals surface area contributed by atoms with E-state index >= 15 is 0 Å². The monoisotopic (exact) mass is 270 g/mol. The van der Waals surface area contributed by atoms with Crippen molar-refractivity contribution in [2.75, 3.05) is 13.6 Å². The molecule has 0 aliphatic heterocycles. The highest BCUT2D eigenvalue weighted by Gasteiger charge is 2.23. The maximum absolute atomic E-state index is 12.0. The van der Waals surface area contributed by atoms with Crippen LogP contribution in [0.4, 0.5) is 4.79 Å². The van der Waals surface area contributed by atoms with Crippen LogP contribution in [0.5, 0.6) is 0 Å². The van der Waals surface area contributed by atoms with Crippen LogP contribution in [0.2, 0.25) is 0 Å². The number of rotatable bonds is 6. The lowest BCUT2D eigenvalue weighted by atomic mass is 10.0. The predicted molar refractivity (Wildman–Crippen MR) is 74.0 cm³/mol. The van der Waals surface area contributed by atoms with Gasteiger partial charge in [-0.1, -0.05) is 26.7 Å². The highest BCUT2D eigenvalue weighted by Crippen LogP contribution is 2.25. The van der Waals surface area contributed by atoms with Gasteiger partial charge in [-0.15, -0.1) is 0 Å². The Hall–Kier alpha value is -1.26. The molecule has 1 fully saturated rings. The third kappa shape index (κ3) is 5.49. The van der Waals surface area contributed by atoms with Crippen molar-refractivity contribution in [3.8, 4) is 0 Å². The molecule has 0 aromatic heterocycles. The van der Waals surface area contributed by atoms with Gasteiger partial charge in [0.1, 0.15) is 0 Å². The van der Waals surface area contributed by atoms with Gasteiger partial charge >= 0.3 is 12.0 Å². The number of hydrogen-bond acceptors (Lipinski definition) is 2. The summed E-state index contributed by atoms with van der Waals surface area (Å²) >= 11 is 0. The van der Waals surface area contributed by atoms with Gasteiger partial charge in [0.2, 0.25) is 0 Å². The van der Waals surface area contributed by atoms with E-state index in [1.54, 1.807) is 11.9 Å². The van der Waals surface area contributed by atoms with E-state index in [1.165, 1.54) is 25.7 Å². The number of urea groups is 1. The fraction of sp³-hybridized carbons (Fsp3) is 0.857. The molecule has 1 rings (SSSR count). The van der Waals surface area contributed by atoms with Gasteiger partial charge in [-0.25, -0.2) is 4.79 Å². The summed E-state index contributed by atoms with van der Waals surface area (Å²) in [5.41, 5.74) is 0. The number of carboxylic acids is 1. The van der Waals surface area contributed by atoms with Gasteiger partial charge in [0.15, 0.2) is 0 Å². The smallest absolute Gasteiger partial charge is 0.317 e. The topological polar surface area (TPSA) is 69.6 Å². The van der Waals surface area contributed by atoms with Crippen molar-refractivity contribution in [3.05, 3.63) is 0 Å². The first-order chi connectivity index (χ1) is 8.90. The minimum atomic E-state index is -0.877. The standard InChI is InChI=1S/C14H26N2O3/c1-10(2)12(8-13(17)18)15-14(19)16(3)9-11-6-4-5-7-11/h10-12H,4-9H2,1-3H3,(H,15,19)(H,17,18). The molecule has 0 heterocycles. The van der Waals surface area contributed by atoms with Crippen molar-refractivity contribution in [3.63, 3.8) is 0 Å². The first-order valence-corrected chi connectivity index (χ1v) is 7.13. The number of carboxylic acid groups (broad SMARTS) is 1. The molecule has 5 heteroatoms. The first-order valence-electron chi connectivity index (χ1n) is 7.13. The number of carbonyl (C=O) groups excluding carboxylic acids is 1. The zero-order chi connectivity index (χ0) is 14.4. The van der Waals surface area contributed by atoms with E-state index in [4.69, 9.17) is 5.11 Å². The van der Waals surface area contributed by atoms with Crippen LogP contribution in [0.25, 0.3) is 0 Å². The molecular formula is C14H26N2O3. The molecule has 1 aliphatic carbocycles. The average Bonchev–Trinajstić information content (AvgIpc) is 2.79. The molecule has 2 amide bonds. The fourth-order valence-electron chi connectivity index (χ4n) is 2.57. The Kier molecular flexibility index (Phi) is 6.12. The van der Waals surface area contributed by atoms with Gasteiger partial charge in [0.05, 0.1) is 6.42 Å². The summed E-state index contributed by atoms with van der Waals surface area (Å²) in [5, 5.41) is 11.7. The average molecular weight is 270 g/mol. The molecule has 1 atom stereocenters. The molecule has 0 saturated heterocycles. The zero-order valence-electron chi connectivity index (χ0n) is 12.2. The van der Waals surface area contributed by atoms with Crippen molar-refractivity contribution in [1.82, 2.24) is 10.2 Å². The normalized spacial score (nSPS) is 17.5. The maximum atomic E-state index is 12.0. The summed E-state index contributed by atoms with van der Waals surface area (Å²) < 4.78 is 0. The minimum absolute atomic E-state index is 0.0271. The lowest BCUT2D eigenvalue weighted by Gasteiger charge is -2.26. The summed E-state index contributed by atoms with van der Waals surface area (Å²) in [6, 6.07) is -0.470. The quantitative estimate of drug-likeness (QED) is 0.778. The van der Waals surface area contributed by atoms with Crippen LogP contribution in [-0.2, 0) is 4.79 Å². The van der Waals surface area contributed by atoms with Crippen molar-refractivity contribution in [2.24, 2.45) is 11.8 Å². The van der Waals surface area contributed by atoms with Crippen LogP contribution >= 0.6 is 0 Å². The van der Waals surface area contributed by atoms with Gasteiger partial charge in [-0.3, -0.25) is 4.79 Å². The van der Waals surface area contributed by atoms with Crippen LogP contribution < -0.4 is 5.32 Å². The number of nitrogens with zero attached hydrogens (tertiary/aromatic N) is 1. The molecule has 1 unspecified atom stereocenters. The van der Waals surface area contributed by atoms with Crippen molar-refractivity contribution >= 4 is 12.0 Å². The zero-order valence-corrected chi connectivity index (χ0v) is 12.2. The third-order valence-electron chi connectivity index (χ3n) is 3.86. The molecule has 0 aromatic rings. The lowest BCUT2D eigenvalue weighted by molar-refractivity contribution is -0.137. The van der Waals surface area contributed by atoms with Crippen LogP contribution in [0.3, 0.4) is 0 Å². The van der Waals surface area contributed by atoms with Crippen LogP contribution in [0.1, 0.15) is 46.0 Å². The second-order valence-electron chi connectivity index (χ2n) is 5.93. The molecule has 0 radical (unpaired) electrons. The Labute approximate surface area is 115 Å². The molecule has 110 valence electrons. The molecule has 2 N–H and O–H groups in total. The van der Waals surface area contributed by atoms with E-state index in [9.17, 15) is 9.59 Å². The van der Waals surface area contributed by atoms with Crippen LogP contribution in [-0.4, -0.2) is 41.6 Å². The Balaban J connectivity index is 2.43. The summed E-state index contributed by atoms with van der Waals surface area (Å²) in [6.45, 7) is 4.61. The predicted octanol–water partition coefficient (Wildman–Crippen LogP) is 2.32. The maximum Gasteiger partial charge on any atom is 0.317 e. The van der Waals surface area contributed by atoms with Gasteiger partial charge < -0.3 is 15.3 Å². The SMILES string of the molecule is CC(C)C(CC(=O)O)NC(=O)N(C)CC1CCCC1. The van der Waals surface area contributed by atoms with E-state index < -0.39 is 5.97 Å². The number of amides is 2. The van der Waals surface area contributed by atoms with Crippen molar-refractivity contribution in [2.45, 2.75) is 52.0 Å². The molecule has 0 aromatic carbocycles. The molecule has 5 nitrogen and oxygen atoms in total. The Morgan fingerprint density at radius 2 is 1.89 bits per heavy atom. The number of hydrogen-bond donors (Lipinski definition) is 2. The Morgan fingerprint density at radius 3 is 2.37 bits per heavy atom. The molecule has 1 saturated carbocycles. The number of nitrogens with one attached hydrogen (secondary N) is 1. The molecule has 1 aliphatic rings. The molecule has 0 bridgehead atoms. The molecule has 0 spiro atoms. The van der Waals surface area contributed by atoms with Crippen LogP contribution in [0, 0.1) is 11.8 Å². The van der Waals surface area contributed by atoms with E-state index in [0.717, 1.165) is 6.54 Å².